The van der Waals surface area contributed by atoms with Gasteiger partial charge in [-0.15, -0.1) is 0 Å². The van der Waals surface area contributed by atoms with Crippen LogP contribution in [-0.2, 0) is 5.41 Å². The maximum atomic E-state index is 2.62. The molecular formula is C13H17N. The molecule has 2 aliphatic heterocycles. The Morgan fingerprint density at radius 1 is 1.00 bits per heavy atom. The van der Waals surface area contributed by atoms with Gasteiger partial charge >= 0.3 is 0 Å². The molecular weight excluding hydrogens is 170 g/mol. The third-order valence-electron chi connectivity index (χ3n) is 3.95. The van der Waals surface area contributed by atoms with Crippen molar-refractivity contribution < 1.29 is 0 Å². The number of fused-ring (bicyclic) bond motifs is 2. The predicted molar refractivity (Wildman–Crippen MR) is 58.4 cm³/mol. The first-order valence-corrected chi connectivity index (χ1v) is 5.67. The Morgan fingerprint density at radius 2 is 1.86 bits per heavy atom. The average molecular weight is 187 g/mol. The zero-order valence-electron chi connectivity index (χ0n) is 8.58. The van der Waals surface area contributed by atoms with Crippen LogP contribution >= 0.6 is 0 Å². The minimum atomic E-state index is 0.513. The van der Waals surface area contributed by atoms with Gasteiger partial charge in [-0.3, -0.25) is 0 Å². The lowest BCUT2D eigenvalue weighted by molar-refractivity contribution is 0.243. The van der Waals surface area contributed by atoms with Crippen LogP contribution in [0.5, 0.6) is 0 Å². The van der Waals surface area contributed by atoms with E-state index in [-0.39, 0.29) is 0 Å². The number of hydrogen-bond acceptors (Lipinski definition) is 1. The van der Waals surface area contributed by atoms with Gasteiger partial charge < -0.3 is 4.90 Å². The SMILES string of the molecule is c1ccc(C23CCCN(CC2)C3)cc1. The van der Waals surface area contributed by atoms with E-state index in [2.05, 4.69) is 35.2 Å². The summed E-state index contributed by atoms with van der Waals surface area (Å²) >= 11 is 0. The van der Waals surface area contributed by atoms with Crippen LogP contribution in [0, 0.1) is 0 Å². The van der Waals surface area contributed by atoms with Crippen LogP contribution in [0.1, 0.15) is 24.8 Å². The van der Waals surface area contributed by atoms with E-state index < -0.39 is 0 Å². The van der Waals surface area contributed by atoms with Crippen molar-refractivity contribution >= 4 is 0 Å². The molecule has 2 bridgehead atoms. The molecule has 2 heterocycles. The normalized spacial score (nSPS) is 35.9. The Hall–Kier alpha value is -0.820. The van der Waals surface area contributed by atoms with Crippen LogP contribution in [0.15, 0.2) is 30.3 Å². The second kappa shape index (κ2) is 3.09. The molecule has 2 aliphatic rings. The molecule has 1 heteroatoms. The molecule has 2 atom stereocenters. The molecule has 1 aromatic rings. The van der Waals surface area contributed by atoms with Gasteiger partial charge in [0.05, 0.1) is 0 Å². The molecule has 0 aliphatic carbocycles. The highest BCUT2D eigenvalue weighted by molar-refractivity contribution is 5.28. The molecule has 0 aromatic heterocycles. The van der Waals surface area contributed by atoms with Gasteiger partial charge in [-0.25, -0.2) is 0 Å². The van der Waals surface area contributed by atoms with Crippen LogP contribution < -0.4 is 0 Å². The number of piperidine rings is 1. The molecule has 2 unspecified atom stereocenters. The molecule has 74 valence electrons. The standard InChI is InChI=1S/C13H17N/c1-2-5-12(6-3-1)13-7-4-9-14(11-13)10-8-13/h1-3,5-6H,4,7-11H2. The third-order valence-corrected chi connectivity index (χ3v) is 3.95. The van der Waals surface area contributed by atoms with E-state index in [0.29, 0.717) is 5.41 Å². The maximum absolute atomic E-state index is 2.62. The fraction of sp³-hybridized carbons (Fsp3) is 0.538. The minimum absolute atomic E-state index is 0.513. The monoisotopic (exact) mass is 187 g/mol. The Labute approximate surface area is 85.7 Å². The Kier molecular flexibility index (Phi) is 1.88. The van der Waals surface area contributed by atoms with Crippen molar-refractivity contribution in [2.75, 3.05) is 19.6 Å². The lowest BCUT2D eigenvalue weighted by Gasteiger charge is -2.34. The molecule has 3 rings (SSSR count). The summed E-state index contributed by atoms with van der Waals surface area (Å²) in [6.45, 7) is 3.94. The third kappa shape index (κ3) is 1.19. The van der Waals surface area contributed by atoms with Gasteiger partial charge in [-0.05, 0) is 37.9 Å². The summed E-state index contributed by atoms with van der Waals surface area (Å²) in [5.74, 6) is 0. The van der Waals surface area contributed by atoms with Crippen molar-refractivity contribution in [2.45, 2.75) is 24.7 Å². The van der Waals surface area contributed by atoms with E-state index in [1.54, 1.807) is 5.56 Å². The summed E-state index contributed by atoms with van der Waals surface area (Å²) in [6, 6.07) is 11.1. The van der Waals surface area contributed by atoms with Crippen molar-refractivity contribution in [3.63, 3.8) is 0 Å². The van der Waals surface area contributed by atoms with E-state index in [0.717, 1.165) is 0 Å². The van der Waals surface area contributed by atoms with Crippen LogP contribution in [0.2, 0.25) is 0 Å². The Morgan fingerprint density at radius 3 is 2.71 bits per heavy atom. The molecule has 0 N–H and O–H groups in total. The first-order valence-electron chi connectivity index (χ1n) is 5.67. The van der Waals surface area contributed by atoms with E-state index in [1.165, 1.54) is 38.9 Å². The second-order valence-electron chi connectivity index (χ2n) is 4.78. The topological polar surface area (TPSA) is 3.24 Å². The summed E-state index contributed by atoms with van der Waals surface area (Å²) < 4.78 is 0. The zero-order valence-corrected chi connectivity index (χ0v) is 8.58. The van der Waals surface area contributed by atoms with Crippen LogP contribution in [0.4, 0.5) is 0 Å². The smallest absolute Gasteiger partial charge is 0.00929 e. The van der Waals surface area contributed by atoms with Crippen molar-refractivity contribution in [2.24, 2.45) is 0 Å². The summed E-state index contributed by atoms with van der Waals surface area (Å²) in [6.07, 6.45) is 4.15. The minimum Gasteiger partial charge on any atom is -0.302 e. The van der Waals surface area contributed by atoms with Crippen LogP contribution in [0.25, 0.3) is 0 Å². The van der Waals surface area contributed by atoms with Gasteiger partial charge in [-0.1, -0.05) is 30.3 Å². The van der Waals surface area contributed by atoms with Gasteiger partial charge in [-0.2, -0.15) is 0 Å². The van der Waals surface area contributed by atoms with Crippen LogP contribution in [-0.4, -0.2) is 24.5 Å². The highest BCUT2D eigenvalue weighted by Crippen LogP contribution is 2.41. The summed E-state index contributed by atoms with van der Waals surface area (Å²) in [5, 5.41) is 0. The second-order valence-corrected chi connectivity index (χ2v) is 4.78. The van der Waals surface area contributed by atoms with Crippen molar-refractivity contribution in [1.82, 2.24) is 4.90 Å². The van der Waals surface area contributed by atoms with E-state index in [4.69, 9.17) is 0 Å². The van der Waals surface area contributed by atoms with E-state index in [1.807, 2.05) is 0 Å². The van der Waals surface area contributed by atoms with Gasteiger partial charge in [0, 0.05) is 12.0 Å². The van der Waals surface area contributed by atoms with Gasteiger partial charge in [0.1, 0.15) is 0 Å². The van der Waals surface area contributed by atoms with Crippen molar-refractivity contribution in [3.05, 3.63) is 35.9 Å². The lowest BCUT2D eigenvalue weighted by atomic mass is 9.75. The molecule has 1 nitrogen and oxygen atoms in total. The average Bonchev–Trinajstić information content (AvgIpc) is 2.57. The molecule has 0 radical (unpaired) electrons. The quantitative estimate of drug-likeness (QED) is 0.652. The zero-order chi connectivity index (χ0) is 9.43. The number of benzene rings is 1. The molecule has 1 aromatic carbocycles. The van der Waals surface area contributed by atoms with E-state index in [9.17, 15) is 0 Å². The number of hydrogen-bond donors (Lipinski definition) is 0. The Balaban J connectivity index is 1.97. The van der Waals surface area contributed by atoms with Crippen molar-refractivity contribution in [3.8, 4) is 0 Å². The number of rotatable bonds is 1. The van der Waals surface area contributed by atoms with Crippen molar-refractivity contribution in [1.29, 1.82) is 0 Å². The molecule has 0 amide bonds. The summed E-state index contributed by atoms with van der Waals surface area (Å²) in [7, 11) is 0. The van der Waals surface area contributed by atoms with E-state index >= 15 is 0 Å². The van der Waals surface area contributed by atoms with Gasteiger partial charge in [0.15, 0.2) is 0 Å². The highest BCUT2D eigenvalue weighted by atomic mass is 15.2. The first kappa shape index (κ1) is 8.49. The van der Waals surface area contributed by atoms with Crippen LogP contribution in [0.3, 0.4) is 0 Å². The molecule has 0 spiro atoms. The fourth-order valence-electron chi connectivity index (χ4n) is 3.17. The summed E-state index contributed by atoms with van der Waals surface area (Å²) in [5.41, 5.74) is 2.08. The molecule has 0 saturated carbocycles. The largest absolute Gasteiger partial charge is 0.302 e. The molecule has 2 saturated heterocycles. The predicted octanol–water partition coefficient (Wildman–Crippen LogP) is 2.42. The maximum Gasteiger partial charge on any atom is 0.00929 e. The van der Waals surface area contributed by atoms with Gasteiger partial charge in [0.25, 0.3) is 0 Å². The van der Waals surface area contributed by atoms with Gasteiger partial charge in [0.2, 0.25) is 0 Å². The number of nitrogens with zero attached hydrogens (tertiary/aromatic N) is 1. The highest BCUT2D eigenvalue weighted by Gasteiger charge is 2.41. The fourth-order valence-corrected chi connectivity index (χ4v) is 3.17. The Bertz CT molecular complexity index is 315. The lowest BCUT2D eigenvalue weighted by Crippen LogP contribution is -2.36. The molecule has 2 fully saturated rings. The first-order chi connectivity index (χ1) is 6.89. The molecule has 14 heavy (non-hydrogen) atoms. The summed E-state index contributed by atoms with van der Waals surface area (Å²) in [4.78, 5) is 2.62.